The fourth-order valence-corrected chi connectivity index (χ4v) is 3.20. The number of carbonyl (C=O) groups is 1. The molecule has 0 saturated carbocycles. The zero-order valence-corrected chi connectivity index (χ0v) is 12.1. The third-order valence-electron chi connectivity index (χ3n) is 3.41. The van der Waals surface area contributed by atoms with Crippen LogP contribution in [0.15, 0.2) is 11.2 Å². The van der Waals surface area contributed by atoms with Gasteiger partial charge in [0.25, 0.3) is 5.91 Å². The fraction of sp³-hybridized carbons (Fsp3) is 0.571. The van der Waals surface area contributed by atoms with E-state index in [-0.39, 0.29) is 5.91 Å². The second-order valence-corrected chi connectivity index (χ2v) is 6.19. The number of rotatable bonds is 3. The molecule has 0 saturated heterocycles. The van der Waals surface area contributed by atoms with Gasteiger partial charge in [-0.2, -0.15) is 5.10 Å². The quantitative estimate of drug-likeness (QED) is 0.660. The zero-order valence-electron chi connectivity index (χ0n) is 11.2. The molecule has 0 aromatic carbocycles. The Morgan fingerprint density at radius 2 is 2.39 bits per heavy atom. The van der Waals surface area contributed by atoms with Crippen molar-refractivity contribution < 1.29 is 4.79 Å². The van der Waals surface area contributed by atoms with Crippen molar-refractivity contribution in [2.75, 3.05) is 0 Å². The fourth-order valence-electron chi connectivity index (χ4n) is 2.10. The lowest BCUT2D eigenvalue weighted by molar-refractivity contribution is 0.0958. The summed E-state index contributed by atoms with van der Waals surface area (Å²) in [4.78, 5) is 14.1. The molecule has 0 bridgehead atoms. The highest BCUT2D eigenvalue weighted by Gasteiger charge is 2.20. The topological polar surface area (TPSA) is 41.5 Å². The first kappa shape index (κ1) is 13.3. The lowest BCUT2D eigenvalue weighted by Crippen LogP contribution is -2.17. The summed E-state index contributed by atoms with van der Waals surface area (Å²) in [5.74, 6) is 0.665. The summed E-state index contributed by atoms with van der Waals surface area (Å²) in [6.07, 6.45) is 4.32. The number of hydrazone groups is 1. The number of hydrogen-bond acceptors (Lipinski definition) is 3. The van der Waals surface area contributed by atoms with E-state index in [2.05, 4.69) is 17.5 Å². The van der Waals surface area contributed by atoms with Crippen LogP contribution in [0.2, 0.25) is 0 Å². The van der Waals surface area contributed by atoms with Gasteiger partial charge in [0.15, 0.2) is 0 Å². The normalized spacial score (nSPS) is 19.5. The largest absolute Gasteiger partial charge is 0.281 e. The second-order valence-electron chi connectivity index (χ2n) is 5.05. The molecule has 0 aliphatic heterocycles. The number of amides is 1. The molecule has 1 amide bonds. The van der Waals surface area contributed by atoms with E-state index < -0.39 is 0 Å². The van der Waals surface area contributed by atoms with Gasteiger partial charge >= 0.3 is 0 Å². The Balaban J connectivity index is 2.08. The van der Waals surface area contributed by atoms with Gasteiger partial charge in [-0.25, -0.2) is 5.43 Å². The van der Waals surface area contributed by atoms with E-state index in [9.17, 15) is 4.79 Å². The van der Waals surface area contributed by atoms with E-state index in [1.54, 1.807) is 11.3 Å². The maximum absolute atomic E-state index is 12.0. The van der Waals surface area contributed by atoms with Gasteiger partial charge in [-0.05, 0) is 50.2 Å². The predicted octanol–water partition coefficient (Wildman–Crippen LogP) is 3.39. The summed E-state index contributed by atoms with van der Waals surface area (Å²) in [6, 6.07) is 2.04. The van der Waals surface area contributed by atoms with E-state index in [0.717, 1.165) is 35.8 Å². The van der Waals surface area contributed by atoms with Crippen LogP contribution >= 0.6 is 11.3 Å². The molecule has 1 aromatic rings. The highest BCUT2D eigenvalue weighted by molar-refractivity contribution is 7.14. The van der Waals surface area contributed by atoms with Crippen LogP contribution in [-0.2, 0) is 12.8 Å². The van der Waals surface area contributed by atoms with Gasteiger partial charge in [0.05, 0.1) is 4.88 Å². The van der Waals surface area contributed by atoms with E-state index in [1.807, 2.05) is 19.9 Å². The Kier molecular flexibility index (Phi) is 4.17. The Morgan fingerprint density at radius 1 is 1.61 bits per heavy atom. The van der Waals surface area contributed by atoms with Gasteiger partial charge in [0, 0.05) is 10.6 Å². The number of fused-ring (bicyclic) bond motifs is 1. The number of nitrogens with one attached hydrogen (secondary N) is 1. The molecule has 2 rings (SSSR count). The number of hydrogen-bond donors (Lipinski definition) is 1. The first-order valence-corrected chi connectivity index (χ1v) is 7.37. The molecule has 18 heavy (non-hydrogen) atoms. The zero-order chi connectivity index (χ0) is 13.1. The van der Waals surface area contributed by atoms with E-state index in [0.29, 0.717) is 0 Å². The van der Waals surface area contributed by atoms with Crippen molar-refractivity contribution in [2.24, 2.45) is 11.0 Å². The average molecular weight is 264 g/mol. The van der Waals surface area contributed by atoms with Crippen LogP contribution in [0.1, 0.15) is 53.7 Å². The molecular formula is C14H20N2OS. The smallest absolute Gasteiger partial charge is 0.266 e. The van der Waals surface area contributed by atoms with E-state index in [1.165, 1.54) is 16.9 Å². The predicted molar refractivity (Wildman–Crippen MR) is 76.4 cm³/mol. The van der Waals surface area contributed by atoms with Crippen LogP contribution in [0, 0.1) is 5.92 Å². The highest BCUT2D eigenvalue weighted by atomic mass is 32.1. The van der Waals surface area contributed by atoms with Crippen molar-refractivity contribution >= 4 is 23.0 Å². The molecule has 1 aliphatic rings. The van der Waals surface area contributed by atoms with Crippen LogP contribution in [0.25, 0.3) is 0 Å². The molecule has 4 heteroatoms. The molecule has 1 aromatic heterocycles. The minimum atomic E-state index is -0.0742. The van der Waals surface area contributed by atoms with Gasteiger partial charge in [-0.15, -0.1) is 11.3 Å². The maximum Gasteiger partial charge on any atom is 0.281 e. The number of nitrogens with zero attached hydrogens (tertiary/aromatic N) is 1. The molecule has 1 atom stereocenters. The highest BCUT2D eigenvalue weighted by Crippen LogP contribution is 2.32. The van der Waals surface area contributed by atoms with Gasteiger partial charge in [-0.1, -0.05) is 13.8 Å². The second kappa shape index (κ2) is 5.65. The maximum atomic E-state index is 12.0. The molecule has 1 aliphatic carbocycles. The lowest BCUT2D eigenvalue weighted by atomic mass is 9.90. The van der Waals surface area contributed by atoms with Gasteiger partial charge in [0.1, 0.15) is 0 Å². The third-order valence-corrected chi connectivity index (χ3v) is 4.65. The molecular weight excluding hydrogens is 244 g/mol. The van der Waals surface area contributed by atoms with Gasteiger partial charge in [0.2, 0.25) is 0 Å². The molecule has 98 valence electrons. The summed E-state index contributed by atoms with van der Waals surface area (Å²) >= 11 is 1.62. The molecule has 3 nitrogen and oxygen atoms in total. The number of thiophene rings is 1. The van der Waals surface area contributed by atoms with Crippen molar-refractivity contribution in [3.8, 4) is 0 Å². The molecule has 0 spiro atoms. The minimum Gasteiger partial charge on any atom is -0.266 e. The molecule has 1 heterocycles. The summed E-state index contributed by atoms with van der Waals surface area (Å²) in [7, 11) is 0. The summed E-state index contributed by atoms with van der Waals surface area (Å²) in [5.41, 5.74) is 4.93. The first-order valence-electron chi connectivity index (χ1n) is 6.55. The van der Waals surface area contributed by atoms with Crippen LogP contribution in [0.3, 0.4) is 0 Å². The number of aryl methyl sites for hydroxylation is 1. The van der Waals surface area contributed by atoms with E-state index >= 15 is 0 Å². The van der Waals surface area contributed by atoms with Crippen molar-refractivity contribution in [1.82, 2.24) is 5.43 Å². The summed E-state index contributed by atoms with van der Waals surface area (Å²) in [6.45, 7) is 6.22. The summed E-state index contributed by atoms with van der Waals surface area (Å²) in [5, 5.41) is 4.06. The number of carbonyl (C=O) groups excluding carboxylic acids is 1. The molecule has 0 unspecified atom stereocenters. The average Bonchev–Trinajstić information content (AvgIpc) is 2.78. The summed E-state index contributed by atoms with van der Waals surface area (Å²) < 4.78 is 0. The monoisotopic (exact) mass is 264 g/mol. The van der Waals surface area contributed by atoms with Gasteiger partial charge < -0.3 is 0 Å². The Morgan fingerprint density at radius 3 is 3.11 bits per heavy atom. The minimum absolute atomic E-state index is 0.0742. The standard InChI is InChI=1S/C14H20N2OS/c1-4-10(3)15-16-14(17)13-8-11-7-9(2)5-6-12(11)18-13/h8-9H,4-7H2,1-3H3,(H,16,17)/b15-10-/t9-/m1/s1. The molecule has 0 fully saturated rings. The van der Waals surface area contributed by atoms with Crippen molar-refractivity contribution in [1.29, 1.82) is 0 Å². The van der Waals surface area contributed by atoms with Crippen molar-refractivity contribution in [2.45, 2.75) is 46.5 Å². The SMILES string of the molecule is CC/C(C)=N\NC(=O)c1cc2c(s1)CC[C@@H](C)C2. The lowest BCUT2D eigenvalue weighted by Gasteiger charge is -2.16. The first-order chi connectivity index (χ1) is 8.60. The molecule has 0 radical (unpaired) electrons. The van der Waals surface area contributed by atoms with Crippen LogP contribution < -0.4 is 5.43 Å². The third kappa shape index (κ3) is 2.99. The van der Waals surface area contributed by atoms with Gasteiger partial charge in [-0.3, -0.25) is 4.79 Å². The molecule has 1 N–H and O–H groups in total. The van der Waals surface area contributed by atoms with Crippen molar-refractivity contribution in [3.63, 3.8) is 0 Å². The van der Waals surface area contributed by atoms with Crippen LogP contribution in [0.5, 0.6) is 0 Å². The van der Waals surface area contributed by atoms with Crippen LogP contribution in [-0.4, -0.2) is 11.6 Å². The van der Waals surface area contributed by atoms with E-state index in [4.69, 9.17) is 0 Å². The van der Waals surface area contributed by atoms with Crippen molar-refractivity contribution in [3.05, 3.63) is 21.4 Å². The van der Waals surface area contributed by atoms with Crippen LogP contribution in [0.4, 0.5) is 0 Å². The Labute approximate surface area is 112 Å². The Hall–Kier alpha value is -1.16. The Bertz CT molecular complexity index is 476.